The van der Waals surface area contributed by atoms with Gasteiger partial charge in [-0.2, -0.15) is 18.3 Å². The number of rotatable bonds is 9. The van der Waals surface area contributed by atoms with Crippen molar-refractivity contribution in [1.82, 2.24) is 20.1 Å². The van der Waals surface area contributed by atoms with Gasteiger partial charge in [-0.1, -0.05) is 13.8 Å². The molecule has 1 atom stereocenters. The Kier molecular flexibility index (Phi) is 9.08. The number of halogens is 3. The minimum atomic E-state index is -4.28. The van der Waals surface area contributed by atoms with Crippen molar-refractivity contribution in [3.8, 4) is 11.3 Å². The maximum Gasteiger partial charge on any atom is 0.391 e. The van der Waals surface area contributed by atoms with E-state index in [0.29, 0.717) is 49.3 Å². The van der Waals surface area contributed by atoms with Crippen molar-refractivity contribution in [1.29, 1.82) is 0 Å². The van der Waals surface area contributed by atoms with Crippen LogP contribution in [0.4, 0.5) is 13.2 Å². The molecule has 2 aromatic heterocycles. The third-order valence-electron chi connectivity index (χ3n) is 7.41. The molecule has 1 amide bonds. The van der Waals surface area contributed by atoms with Crippen molar-refractivity contribution < 1.29 is 26.4 Å². The Morgan fingerprint density at radius 1 is 1.22 bits per heavy atom. The van der Waals surface area contributed by atoms with Gasteiger partial charge < -0.3 is 5.32 Å². The number of nitrogens with one attached hydrogen (secondary N) is 1. The minimum Gasteiger partial charge on any atom is -0.350 e. The quantitative estimate of drug-likeness (QED) is 0.486. The van der Waals surface area contributed by atoms with Gasteiger partial charge in [0.05, 0.1) is 16.9 Å². The van der Waals surface area contributed by atoms with E-state index in [9.17, 15) is 26.4 Å². The molecule has 1 aliphatic rings. The first-order chi connectivity index (χ1) is 17.3. The lowest BCUT2D eigenvalue weighted by Gasteiger charge is -2.27. The van der Waals surface area contributed by atoms with Crippen LogP contribution in [0.1, 0.15) is 73.8 Å². The zero-order valence-electron chi connectivity index (χ0n) is 22.2. The van der Waals surface area contributed by atoms with Crippen molar-refractivity contribution in [2.24, 2.45) is 11.8 Å². The summed E-state index contributed by atoms with van der Waals surface area (Å²) in [4.78, 5) is 17.4. The molecule has 2 heterocycles. The largest absolute Gasteiger partial charge is 0.391 e. The molecule has 1 unspecified atom stereocenters. The van der Waals surface area contributed by atoms with E-state index in [1.165, 1.54) is 6.26 Å². The third kappa shape index (κ3) is 6.91. The van der Waals surface area contributed by atoms with Crippen LogP contribution in [-0.4, -0.2) is 53.3 Å². The molecule has 1 fully saturated rings. The number of sulfone groups is 1. The lowest BCUT2D eigenvalue weighted by atomic mass is 9.89. The van der Waals surface area contributed by atoms with E-state index in [1.807, 2.05) is 20.8 Å². The minimum absolute atomic E-state index is 0.192. The topological polar surface area (TPSA) is 93.9 Å². The summed E-state index contributed by atoms with van der Waals surface area (Å²) in [6.45, 7) is 7.78. The van der Waals surface area contributed by atoms with Gasteiger partial charge in [0.2, 0.25) is 0 Å². The van der Waals surface area contributed by atoms with Gasteiger partial charge in [-0.25, -0.2) is 8.42 Å². The third-order valence-corrected chi connectivity index (χ3v) is 9.09. The molecule has 1 saturated carbocycles. The Morgan fingerprint density at radius 2 is 1.86 bits per heavy atom. The Balaban J connectivity index is 1.78. The Bertz CT molecular complexity index is 1220. The average molecular weight is 543 g/mol. The van der Waals surface area contributed by atoms with E-state index in [-0.39, 0.29) is 23.5 Å². The molecule has 3 rings (SSSR count). The Labute approximate surface area is 217 Å². The zero-order chi connectivity index (χ0) is 27.5. The summed E-state index contributed by atoms with van der Waals surface area (Å²) < 4.78 is 64.4. The molecular weight excluding hydrogens is 505 g/mol. The van der Waals surface area contributed by atoms with Crippen LogP contribution in [0.2, 0.25) is 0 Å². The number of amides is 1. The molecule has 11 heteroatoms. The van der Waals surface area contributed by atoms with E-state index in [1.54, 1.807) is 16.9 Å². The summed E-state index contributed by atoms with van der Waals surface area (Å²) in [5, 5.41) is 7.21. The van der Waals surface area contributed by atoms with Crippen LogP contribution in [0, 0.1) is 18.8 Å². The van der Waals surface area contributed by atoms with E-state index < -0.39 is 21.9 Å². The fraction of sp³-hybridized carbons (Fsp3) is 0.654. The number of alkyl halides is 3. The number of carbonyl (C=O) groups excluding carboxylic acids is 1. The summed E-state index contributed by atoms with van der Waals surface area (Å²) in [6, 6.07) is 1.72. The predicted molar refractivity (Wildman–Crippen MR) is 137 cm³/mol. The molecule has 0 aliphatic heterocycles. The van der Waals surface area contributed by atoms with Crippen LogP contribution in [0.3, 0.4) is 0 Å². The number of hydrogen-bond acceptors (Lipinski definition) is 5. The highest BCUT2D eigenvalue weighted by Crippen LogP contribution is 2.32. The number of pyridine rings is 1. The van der Waals surface area contributed by atoms with Crippen molar-refractivity contribution in [3.63, 3.8) is 0 Å². The second-order valence-corrected chi connectivity index (χ2v) is 12.5. The van der Waals surface area contributed by atoms with E-state index in [0.717, 1.165) is 36.6 Å². The van der Waals surface area contributed by atoms with E-state index in [2.05, 4.69) is 15.4 Å². The second-order valence-electron chi connectivity index (χ2n) is 10.2. The number of aromatic nitrogens is 3. The van der Waals surface area contributed by atoms with Crippen LogP contribution in [-0.2, 0) is 29.2 Å². The van der Waals surface area contributed by atoms with Gasteiger partial charge in [0.25, 0.3) is 5.91 Å². The lowest BCUT2D eigenvalue weighted by molar-refractivity contribution is -0.169. The first-order valence-corrected chi connectivity index (χ1v) is 14.8. The molecule has 0 radical (unpaired) electrons. The van der Waals surface area contributed by atoms with Crippen LogP contribution in [0.15, 0.2) is 12.3 Å². The maximum atomic E-state index is 13.1. The van der Waals surface area contributed by atoms with Crippen LogP contribution in [0.25, 0.3) is 11.3 Å². The molecule has 0 spiro atoms. The standard InChI is InChI=1S/C26H37F3N4O3S/c1-6-19-13-20(12-16(3)26(27,28)29)30-15-22(19)24-17(4)23(32-33(24)7-2)25(34)31-14-18-8-10-21(11-9-18)37(5,35)36/h13,15-16,18,21H,6-12,14H2,1-5H3,(H,31,34). The second kappa shape index (κ2) is 11.5. The van der Waals surface area contributed by atoms with Gasteiger partial charge in [0.1, 0.15) is 9.84 Å². The first kappa shape index (κ1) is 29.1. The monoisotopic (exact) mass is 542 g/mol. The van der Waals surface area contributed by atoms with Crippen molar-refractivity contribution >= 4 is 15.7 Å². The number of aryl methyl sites for hydroxylation is 2. The molecule has 7 nitrogen and oxygen atoms in total. The molecule has 2 aromatic rings. The van der Waals surface area contributed by atoms with Crippen LogP contribution >= 0.6 is 0 Å². The number of hydrogen-bond donors (Lipinski definition) is 1. The van der Waals surface area contributed by atoms with Crippen molar-refractivity contribution in [3.05, 3.63) is 34.8 Å². The highest BCUT2D eigenvalue weighted by molar-refractivity contribution is 7.91. The molecule has 0 bridgehead atoms. The lowest BCUT2D eigenvalue weighted by Crippen LogP contribution is -2.34. The van der Waals surface area contributed by atoms with Crippen molar-refractivity contribution in [2.75, 3.05) is 12.8 Å². The Morgan fingerprint density at radius 3 is 2.41 bits per heavy atom. The van der Waals surface area contributed by atoms with Gasteiger partial charge in [0.15, 0.2) is 5.69 Å². The van der Waals surface area contributed by atoms with Gasteiger partial charge >= 0.3 is 6.18 Å². The van der Waals surface area contributed by atoms with Gasteiger partial charge in [-0.15, -0.1) is 0 Å². The van der Waals surface area contributed by atoms with E-state index in [4.69, 9.17) is 0 Å². The fourth-order valence-electron chi connectivity index (χ4n) is 5.02. The Hall–Kier alpha value is -2.43. The summed E-state index contributed by atoms with van der Waals surface area (Å²) in [6.07, 6.45) is 1.71. The summed E-state index contributed by atoms with van der Waals surface area (Å²) in [7, 11) is -3.04. The maximum absolute atomic E-state index is 13.1. The van der Waals surface area contributed by atoms with Crippen LogP contribution in [0.5, 0.6) is 0 Å². The highest BCUT2D eigenvalue weighted by Gasteiger charge is 2.36. The molecule has 1 N–H and O–H groups in total. The molecule has 37 heavy (non-hydrogen) atoms. The fourth-order valence-corrected chi connectivity index (χ4v) is 6.14. The molecule has 0 saturated heterocycles. The summed E-state index contributed by atoms with van der Waals surface area (Å²) >= 11 is 0. The molecule has 0 aromatic carbocycles. The molecular formula is C26H37F3N4O3S. The first-order valence-electron chi connectivity index (χ1n) is 12.9. The molecule has 1 aliphatic carbocycles. The highest BCUT2D eigenvalue weighted by atomic mass is 32.2. The average Bonchev–Trinajstić information content (AvgIpc) is 3.17. The number of carbonyl (C=O) groups is 1. The predicted octanol–water partition coefficient (Wildman–Crippen LogP) is 4.91. The van der Waals surface area contributed by atoms with E-state index >= 15 is 0 Å². The van der Waals surface area contributed by atoms with Gasteiger partial charge in [-0.3, -0.25) is 14.5 Å². The number of nitrogens with zero attached hydrogens (tertiary/aromatic N) is 3. The zero-order valence-corrected chi connectivity index (χ0v) is 23.0. The summed E-state index contributed by atoms with van der Waals surface area (Å²) in [5.74, 6) is -1.56. The summed E-state index contributed by atoms with van der Waals surface area (Å²) in [5.41, 5.74) is 3.73. The molecule has 206 valence electrons. The smallest absolute Gasteiger partial charge is 0.350 e. The van der Waals surface area contributed by atoms with Crippen molar-refractivity contribution in [2.45, 2.75) is 84.2 Å². The normalized spacial score (nSPS) is 19.6. The van der Waals surface area contributed by atoms with Gasteiger partial charge in [0, 0.05) is 48.8 Å². The van der Waals surface area contributed by atoms with Crippen LogP contribution < -0.4 is 5.32 Å². The SMILES string of the molecule is CCc1cc(CC(C)C(F)(F)F)ncc1-c1c(C)c(C(=O)NCC2CCC(S(C)(=O)=O)CC2)nn1CC. The van der Waals surface area contributed by atoms with Gasteiger partial charge in [-0.05, 0) is 63.5 Å².